The van der Waals surface area contributed by atoms with Crippen LogP contribution >= 0.6 is 0 Å². The molecule has 12 heavy (non-hydrogen) atoms. The van der Waals surface area contributed by atoms with Crippen molar-refractivity contribution in [2.24, 2.45) is 0 Å². The molecule has 0 radical (unpaired) electrons. The van der Waals surface area contributed by atoms with Gasteiger partial charge >= 0.3 is 0 Å². The van der Waals surface area contributed by atoms with Crippen LogP contribution in [0.25, 0.3) is 0 Å². The van der Waals surface area contributed by atoms with E-state index in [1.165, 1.54) is 12.3 Å². The molecule has 0 amide bonds. The maximum absolute atomic E-state index is 12.8. The highest BCUT2D eigenvalue weighted by atomic mass is 19.1. The Morgan fingerprint density at radius 3 is 3.08 bits per heavy atom. The zero-order chi connectivity index (χ0) is 8.97. The summed E-state index contributed by atoms with van der Waals surface area (Å²) in [6.45, 7) is 0. The number of aliphatic hydroxyl groups excluding tert-OH is 1. The summed E-state index contributed by atoms with van der Waals surface area (Å²) in [5.74, 6) is -0.583. The molecule has 1 aromatic heterocycles. The molecule has 1 heterocycles. The molecular weight excluding hydrogens is 159 g/mol. The third kappa shape index (κ3) is 1.77. The SMILES string of the molecule is N#CCC(O)c1ccncc1F. The molecule has 0 saturated carbocycles. The van der Waals surface area contributed by atoms with E-state index in [9.17, 15) is 9.50 Å². The molecule has 4 heteroatoms. The second-order valence-electron chi connectivity index (χ2n) is 2.28. The molecule has 0 spiro atoms. The predicted molar refractivity (Wildman–Crippen MR) is 39.4 cm³/mol. The number of halogens is 1. The number of aromatic nitrogens is 1. The summed E-state index contributed by atoms with van der Waals surface area (Å²) >= 11 is 0. The van der Waals surface area contributed by atoms with Gasteiger partial charge in [-0.3, -0.25) is 4.98 Å². The van der Waals surface area contributed by atoms with Crippen LogP contribution in [-0.2, 0) is 0 Å². The van der Waals surface area contributed by atoms with Crippen LogP contribution in [0.5, 0.6) is 0 Å². The summed E-state index contributed by atoms with van der Waals surface area (Å²) in [6.07, 6.45) is 1.22. The monoisotopic (exact) mass is 166 g/mol. The van der Waals surface area contributed by atoms with Crippen LogP contribution in [0.1, 0.15) is 18.1 Å². The molecule has 0 saturated heterocycles. The lowest BCUT2D eigenvalue weighted by molar-refractivity contribution is 0.178. The van der Waals surface area contributed by atoms with Crippen LogP contribution in [-0.4, -0.2) is 10.1 Å². The van der Waals surface area contributed by atoms with E-state index < -0.39 is 11.9 Å². The minimum Gasteiger partial charge on any atom is -0.387 e. The van der Waals surface area contributed by atoms with E-state index in [2.05, 4.69) is 4.98 Å². The second kappa shape index (κ2) is 3.79. The molecule has 0 aliphatic carbocycles. The third-order valence-corrected chi connectivity index (χ3v) is 1.45. The molecule has 1 atom stereocenters. The Hall–Kier alpha value is -1.47. The molecule has 0 aromatic carbocycles. The minimum absolute atomic E-state index is 0.110. The highest BCUT2D eigenvalue weighted by molar-refractivity contribution is 5.16. The summed E-state index contributed by atoms with van der Waals surface area (Å²) in [5.41, 5.74) is 0.117. The first-order valence-electron chi connectivity index (χ1n) is 3.40. The number of hydrogen-bond donors (Lipinski definition) is 1. The lowest BCUT2D eigenvalue weighted by Crippen LogP contribution is -1.99. The summed E-state index contributed by atoms with van der Waals surface area (Å²) < 4.78 is 12.8. The standard InChI is InChI=1S/C8H7FN2O/c9-7-5-11-4-2-6(7)8(12)1-3-10/h2,4-5,8,12H,1H2. The van der Waals surface area contributed by atoms with Gasteiger partial charge in [-0.1, -0.05) is 0 Å². The quantitative estimate of drug-likeness (QED) is 0.717. The van der Waals surface area contributed by atoms with Gasteiger partial charge in [-0.05, 0) is 6.07 Å². The van der Waals surface area contributed by atoms with E-state index in [1.807, 2.05) is 0 Å². The second-order valence-corrected chi connectivity index (χ2v) is 2.28. The lowest BCUT2D eigenvalue weighted by atomic mass is 10.1. The molecule has 0 fully saturated rings. The van der Waals surface area contributed by atoms with Crippen LogP contribution in [0.4, 0.5) is 4.39 Å². The van der Waals surface area contributed by atoms with Crippen LogP contribution in [0.3, 0.4) is 0 Å². The zero-order valence-electron chi connectivity index (χ0n) is 6.24. The number of pyridine rings is 1. The average Bonchev–Trinajstić information content (AvgIpc) is 2.05. The van der Waals surface area contributed by atoms with Crippen LogP contribution in [0.2, 0.25) is 0 Å². The van der Waals surface area contributed by atoms with Crippen molar-refractivity contribution < 1.29 is 9.50 Å². The fraction of sp³-hybridized carbons (Fsp3) is 0.250. The Bertz CT molecular complexity index is 308. The Morgan fingerprint density at radius 1 is 1.75 bits per heavy atom. The lowest BCUT2D eigenvalue weighted by Gasteiger charge is -2.06. The molecule has 62 valence electrons. The van der Waals surface area contributed by atoms with Gasteiger partial charge in [0.25, 0.3) is 0 Å². The Balaban J connectivity index is 2.88. The maximum Gasteiger partial charge on any atom is 0.147 e. The van der Waals surface area contributed by atoms with Crippen molar-refractivity contribution in [2.45, 2.75) is 12.5 Å². The third-order valence-electron chi connectivity index (χ3n) is 1.45. The highest BCUT2D eigenvalue weighted by Gasteiger charge is 2.11. The van der Waals surface area contributed by atoms with Gasteiger partial charge in [-0.25, -0.2) is 4.39 Å². The van der Waals surface area contributed by atoms with Gasteiger partial charge in [0.15, 0.2) is 0 Å². The van der Waals surface area contributed by atoms with Crippen molar-refractivity contribution in [2.75, 3.05) is 0 Å². The normalized spacial score (nSPS) is 12.1. The molecule has 1 N–H and O–H groups in total. The Kier molecular flexibility index (Phi) is 2.72. The van der Waals surface area contributed by atoms with Gasteiger partial charge in [0, 0.05) is 11.8 Å². The molecule has 0 aliphatic heterocycles. The van der Waals surface area contributed by atoms with Crippen molar-refractivity contribution in [3.8, 4) is 6.07 Å². The van der Waals surface area contributed by atoms with E-state index in [-0.39, 0.29) is 12.0 Å². The van der Waals surface area contributed by atoms with Gasteiger partial charge in [-0.2, -0.15) is 5.26 Å². The Morgan fingerprint density at radius 2 is 2.50 bits per heavy atom. The molecule has 1 aromatic rings. The number of hydrogen-bond acceptors (Lipinski definition) is 3. The fourth-order valence-electron chi connectivity index (χ4n) is 0.853. The number of rotatable bonds is 2. The molecule has 1 unspecified atom stereocenters. The van der Waals surface area contributed by atoms with E-state index in [0.29, 0.717) is 0 Å². The first kappa shape index (κ1) is 8.62. The number of nitrogens with zero attached hydrogens (tertiary/aromatic N) is 2. The van der Waals surface area contributed by atoms with Gasteiger partial charge in [0.1, 0.15) is 5.82 Å². The van der Waals surface area contributed by atoms with Crippen molar-refractivity contribution in [1.29, 1.82) is 5.26 Å². The Labute approximate surface area is 69.1 Å². The van der Waals surface area contributed by atoms with Crippen molar-refractivity contribution in [3.05, 3.63) is 29.8 Å². The van der Waals surface area contributed by atoms with E-state index >= 15 is 0 Å². The van der Waals surface area contributed by atoms with Crippen LogP contribution < -0.4 is 0 Å². The van der Waals surface area contributed by atoms with E-state index in [4.69, 9.17) is 5.26 Å². The number of aliphatic hydroxyl groups is 1. The van der Waals surface area contributed by atoms with Crippen molar-refractivity contribution in [3.63, 3.8) is 0 Å². The fourth-order valence-corrected chi connectivity index (χ4v) is 0.853. The molecular formula is C8H7FN2O. The molecule has 0 bridgehead atoms. The van der Waals surface area contributed by atoms with Gasteiger partial charge in [-0.15, -0.1) is 0 Å². The smallest absolute Gasteiger partial charge is 0.147 e. The van der Waals surface area contributed by atoms with Crippen LogP contribution in [0, 0.1) is 17.1 Å². The molecule has 1 rings (SSSR count). The summed E-state index contributed by atoms with van der Waals surface area (Å²) in [6, 6.07) is 3.11. The maximum atomic E-state index is 12.8. The first-order valence-corrected chi connectivity index (χ1v) is 3.40. The first-order chi connectivity index (χ1) is 5.75. The minimum atomic E-state index is -1.06. The average molecular weight is 166 g/mol. The van der Waals surface area contributed by atoms with Gasteiger partial charge in [0.05, 0.1) is 24.8 Å². The van der Waals surface area contributed by atoms with Crippen molar-refractivity contribution >= 4 is 0 Å². The zero-order valence-corrected chi connectivity index (χ0v) is 6.24. The summed E-state index contributed by atoms with van der Waals surface area (Å²) in [7, 11) is 0. The van der Waals surface area contributed by atoms with Crippen LogP contribution in [0.15, 0.2) is 18.5 Å². The van der Waals surface area contributed by atoms with Crippen molar-refractivity contribution in [1.82, 2.24) is 4.98 Å². The topological polar surface area (TPSA) is 56.9 Å². The summed E-state index contributed by atoms with van der Waals surface area (Å²) in [4.78, 5) is 3.52. The predicted octanol–water partition coefficient (Wildman–Crippen LogP) is 1.17. The van der Waals surface area contributed by atoms with E-state index in [1.54, 1.807) is 6.07 Å². The number of nitriles is 1. The van der Waals surface area contributed by atoms with Gasteiger partial charge < -0.3 is 5.11 Å². The van der Waals surface area contributed by atoms with Gasteiger partial charge in [0.2, 0.25) is 0 Å². The van der Waals surface area contributed by atoms with E-state index in [0.717, 1.165) is 6.20 Å². The highest BCUT2D eigenvalue weighted by Crippen LogP contribution is 2.17. The molecule has 0 aliphatic rings. The molecule has 3 nitrogen and oxygen atoms in total. The largest absolute Gasteiger partial charge is 0.387 e. The summed E-state index contributed by atoms with van der Waals surface area (Å²) in [5, 5.41) is 17.5.